The Morgan fingerprint density at radius 3 is 2.20 bits per heavy atom. The van der Waals surface area contributed by atoms with Gasteiger partial charge in [-0.1, -0.05) is 5.18 Å². The summed E-state index contributed by atoms with van der Waals surface area (Å²) >= 11 is 0. The van der Waals surface area contributed by atoms with E-state index >= 15 is 0 Å². The zero-order chi connectivity index (χ0) is 11.4. The van der Waals surface area contributed by atoms with Gasteiger partial charge in [-0.25, -0.2) is 0 Å². The van der Waals surface area contributed by atoms with Crippen LogP contribution in [0.3, 0.4) is 0 Å². The molecule has 0 fully saturated rings. The molecular weight excluding hydrogens is 206 g/mol. The number of hydrogen-bond donors (Lipinski definition) is 0. The van der Waals surface area contributed by atoms with E-state index in [4.69, 9.17) is 0 Å². The van der Waals surface area contributed by atoms with Crippen LogP contribution >= 0.6 is 0 Å². The van der Waals surface area contributed by atoms with Gasteiger partial charge >= 0.3 is 11.4 Å². The van der Waals surface area contributed by atoms with Gasteiger partial charge in [0.15, 0.2) is 0 Å². The molecule has 1 rings (SSSR count). The Morgan fingerprint density at radius 2 is 1.73 bits per heavy atom. The van der Waals surface area contributed by atoms with E-state index < -0.39 is 21.2 Å². The van der Waals surface area contributed by atoms with Crippen molar-refractivity contribution in [1.29, 1.82) is 0 Å². The summed E-state index contributed by atoms with van der Waals surface area (Å²) in [6.07, 6.45) is 0. The molecule has 15 heavy (non-hydrogen) atoms. The first-order valence-electron chi connectivity index (χ1n) is 3.77. The van der Waals surface area contributed by atoms with Crippen molar-refractivity contribution in [3.8, 4) is 0 Å². The summed E-state index contributed by atoms with van der Waals surface area (Å²) in [7, 11) is 0. The van der Waals surface area contributed by atoms with Gasteiger partial charge in [0, 0.05) is 12.1 Å². The predicted octanol–water partition coefficient (Wildman–Crippen LogP) is 1.77. The zero-order valence-corrected chi connectivity index (χ0v) is 7.32. The Hall–Kier alpha value is -2.38. The molecule has 0 spiro atoms. The van der Waals surface area contributed by atoms with Crippen LogP contribution in [0.5, 0.6) is 0 Å². The summed E-state index contributed by atoms with van der Waals surface area (Å²) in [5, 5.41) is 23.4. The average Bonchev–Trinajstić information content (AvgIpc) is 2.17. The minimum absolute atomic E-state index is 0.251. The molecule has 0 unspecified atom stereocenters. The van der Waals surface area contributed by atoms with Crippen LogP contribution in [0.2, 0.25) is 0 Å². The first kappa shape index (κ1) is 10.7. The van der Waals surface area contributed by atoms with Gasteiger partial charge in [0.2, 0.25) is 0 Å². The molecule has 0 amide bonds. The van der Waals surface area contributed by atoms with Crippen molar-refractivity contribution < 1.29 is 9.85 Å². The number of benzene rings is 1. The van der Waals surface area contributed by atoms with Gasteiger partial charge in [0.25, 0.3) is 0 Å². The molecule has 0 aromatic heterocycles. The van der Waals surface area contributed by atoms with Crippen LogP contribution in [0.1, 0.15) is 5.56 Å². The Morgan fingerprint density at radius 1 is 1.13 bits per heavy atom. The van der Waals surface area contributed by atoms with E-state index in [9.17, 15) is 25.1 Å². The Bertz CT molecular complexity index is 431. The number of nitroso groups, excluding NO2 is 1. The maximum absolute atomic E-state index is 10.5. The monoisotopic (exact) mass is 211 g/mol. The normalized spacial score (nSPS) is 9.60. The fourth-order valence-electron chi connectivity index (χ4n) is 1.04. The molecule has 0 saturated heterocycles. The number of nitro groups is 2. The number of nitro benzene ring substituents is 2. The number of hydrogen-bond acceptors (Lipinski definition) is 6. The van der Waals surface area contributed by atoms with Gasteiger partial charge in [0.1, 0.15) is 6.54 Å². The number of rotatable bonds is 4. The van der Waals surface area contributed by atoms with Crippen LogP contribution < -0.4 is 0 Å². The molecule has 0 aliphatic carbocycles. The molecule has 0 aliphatic rings. The van der Waals surface area contributed by atoms with Crippen molar-refractivity contribution in [3.63, 3.8) is 0 Å². The summed E-state index contributed by atoms with van der Waals surface area (Å²) in [5.41, 5.74) is -0.974. The fourth-order valence-corrected chi connectivity index (χ4v) is 1.04. The van der Waals surface area contributed by atoms with E-state index in [2.05, 4.69) is 5.18 Å². The average molecular weight is 211 g/mol. The molecule has 0 radical (unpaired) electrons. The lowest BCUT2D eigenvalue weighted by Gasteiger charge is -1.96. The van der Waals surface area contributed by atoms with Crippen LogP contribution in [0, 0.1) is 25.1 Å². The van der Waals surface area contributed by atoms with Crippen LogP contribution in [0.25, 0.3) is 0 Å². The maximum atomic E-state index is 10.5. The summed E-state index contributed by atoms with van der Waals surface area (Å²) in [5.74, 6) is 0. The SMILES string of the molecule is O=NCc1ccc([N+](=O)[O-])c([N+](=O)[O-])c1. The quantitative estimate of drug-likeness (QED) is 0.427. The molecule has 0 saturated carbocycles. The van der Waals surface area contributed by atoms with Crippen molar-refractivity contribution in [2.45, 2.75) is 6.54 Å². The van der Waals surface area contributed by atoms with E-state index in [0.29, 0.717) is 0 Å². The largest absolute Gasteiger partial charge is 0.346 e. The molecular formula is C7H5N3O5. The van der Waals surface area contributed by atoms with E-state index in [-0.39, 0.29) is 12.1 Å². The Kier molecular flexibility index (Phi) is 3.01. The zero-order valence-electron chi connectivity index (χ0n) is 7.32. The van der Waals surface area contributed by atoms with E-state index in [0.717, 1.165) is 12.1 Å². The van der Waals surface area contributed by atoms with E-state index in [1.165, 1.54) is 6.07 Å². The standard InChI is InChI=1S/C7H5N3O5/c11-8-4-5-1-2-6(9(12)13)7(3-5)10(14)15/h1-3H,4H2. The lowest BCUT2D eigenvalue weighted by atomic mass is 10.2. The summed E-state index contributed by atoms with van der Waals surface area (Å²) in [4.78, 5) is 29.1. The second kappa shape index (κ2) is 4.22. The van der Waals surface area contributed by atoms with Crippen LogP contribution in [0.15, 0.2) is 23.4 Å². The second-order valence-corrected chi connectivity index (χ2v) is 2.62. The van der Waals surface area contributed by atoms with Crippen molar-refractivity contribution in [2.24, 2.45) is 5.18 Å². The fraction of sp³-hybridized carbons (Fsp3) is 0.143. The van der Waals surface area contributed by atoms with Gasteiger partial charge in [0.05, 0.1) is 9.85 Å². The van der Waals surface area contributed by atoms with Crippen molar-refractivity contribution in [2.75, 3.05) is 0 Å². The molecule has 0 N–H and O–H groups in total. The van der Waals surface area contributed by atoms with Crippen LogP contribution in [-0.2, 0) is 6.54 Å². The first-order valence-corrected chi connectivity index (χ1v) is 3.77. The molecule has 0 heterocycles. The predicted molar refractivity (Wildman–Crippen MR) is 49.2 cm³/mol. The molecule has 8 nitrogen and oxygen atoms in total. The third-order valence-corrected chi connectivity index (χ3v) is 1.68. The van der Waals surface area contributed by atoms with E-state index in [1.54, 1.807) is 0 Å². The third kappa shape index (κ3) is 2.30. The highest BCUT2D eigenvalue weighted by Gasteiger charge is 2.23. The maximum Gasteiger partial charge on any atom is 0.346 e. The molecule has 0 atom stereocenters. The van der Waals surface area contributed by atoms with Gasteiger partial charge in [-0.3, -0.25) is 20.2 Å². The minimum Gasteiger partial charge on any atom is -0.258 e. The smallest absolute Gasteiger partial charge is 0.258 e. The Balaban J connectivity index is 3.26. The number of nitrogens with zero attached hydrogens (tertiary/aromatic N) is 3. The lowest BCUT2D eigenvalue weighted by Crippen LogP contribution is -1.97. The van der Waals surface area contributed by atoms with Crippen molar-refractivity contribution >= 4 is 11.4 Å². The highest BCUT2D eigenvalue weighted by Crippen LogP contribution is 2.27. The minimum atomic E-state index is -0.869. The topological polar surface area (TPSA) is 116 Å². The van der Waals surface area contributed by atoms with Gasteiger partial charge in [-0.2, -0.15) is 4.91 Å². The highest BCUT2D eigenvalue weighted by atomic mass is 16.6. The van der Waals surface area contributed by atoms with Crippen molar-refractivity contribution in [3.05, 3.63) is 48.9 Å². The Labute approximate surface area is 82.8 Å². The second-order valence-electron chi connectivity index (χ2n) is 2.62. The van der Waals surface area contributed by atoms with Gasteiger partial charge in [-0.15, -0.1) is 0 Å². The summed E-state index contributed by atoms with van der Waals surface area (Å²) < 4.78 is 0. The molecule has 1 aromatic rings. The molecule has 1 aromatic carbocycles. The lowest BCUT2D eigenvalue weighted by molar-refractivity contribution is -0.422. The first-order chi connectivity index (χ1) is 7.06. The highest BCUT2D eigenvalue weighted by molar-refractivity contribution is 5.54. The van der Waals surface area contributed by atoms with Crippen LogP contribution in [-0.4, -0.2) is 9.85 Å². The third-order valence-electron chi connectivity index (χ3n) is 1.68. The van der Waals surface area contributed by atoms with E-state index in [1.807, 2.05) is 0 Å². The molecule has 0 bridgehead atoms. The summed E-state index contributed by atoms with van der Waals surface area (Å²) in [6, 6.07) is 3.21. The van der Waals surface area contributed by atoms with Crippen molar-refractivity contribution in [1.82, 2.24) is 0 Å². The molecule has 8 heteroatoms. The van der Waals surface area contributed by atoms with Gasteiger partial charge < -0.3 is 0 Å². The molecule has 78 valence electrons. The molecule has 0 aliphatic heterocycles. The van der Waals surface area contributed by atoms with Crippen LogP contribution in [0.4, 0.5) is 11.4 Å². The summed E-state index contributed by atoms with van der Waals surface area (Å²) in [6.45, 7) is -0.251. The van der Waals surface area contributed by atoms with Gasteiger partial charge in [-0.05, 0) is 11.6 Å².